The average molecular weight is 270 g/mol. The highest BCUT2D eigenvalue weighted by molar-refractivity contribution is 5.69. The van der Waals surface area contributed by atoms with Crippen LogP contribution in [0.2, 0.25) is 0 Å². The summed E-state index contributed by atoms with van der Waals surface area (Å²) in [6.07, 6.45) is 2.63. The average Bonchev–Trinajstić information content (AvgIpc) is 2.44. The van der Waals surface area contributed by atoms with E-state index in [9.17, 15) is 4.79 Å². The Hall–Kier alpha value is -2.01. The number of carboxylic acid groups (broad SMARTS) is 1. The zero-order chi connectivity index (χ0) is 15.1. The maximum atomic E-state index is 10.9. The maximum Gasteiger partial charge on any atom is 0.306 e. The van der Waals surface area contributed by atoms with Crippen LogP contribution in [0, 0.1) is 17.8 Å². The van der Waals surface area contributed by atoms with Crippen molar-refractivity contribution < 1.29 is 9.90 Å². The summed E-state index contributed by atoms with van der Waals surface area (Å²) in [5, 5.41) is 8.94. The molecule has 0 bridgehead atoms. The first-order valence-electron chi connectivity index (χ1n) is 6.91. The van der Waals surface area contributed by atoms with Crippen molar-refractivity contribution in [1.82, 2.24) is 0 Å². The molecule has 0 heterocycles. The largest absolute Gasteiger partial charge is 0.481 e. The molecule has 0 radical (unpaired) electrons. The summed E-state index contributed by atoms with van der Waals surface area (Å²) < 4.78 is 0. The van der Waals surface area contributed by atoms with Crippen LogP contribution in [-0.2, 0) is 4.79 Å². The molecule has 0 aromatic heterocycles. The fourth-order valence-electron chi connectivity index (χ4n) is 1.91. The Bertz CT molecular complexity index is 541. The first kappa shape index (κ1) is 16.0. The molecule has 1 aromatic carbocycles. The van der Waals surface area contributed by atoms with Gasteiger partial charge < -0.3 is 5.11 Å². The van der Waals surface area contributed by atoms with E-state index < -0.39 is 5.97 Å². The van der Waals surface area contributed by atoms with Crippen LogP contribution in [0.1, 0.15) is 51.2 Å². The second kappa shape index (κ2) is 7.55. The van der Waals surface area contributed by atoms with Crippen molar-refractivity contribution in [3.8, 4) is 11.8 Å². The van der Waals surface area contributed by atoms with Gasteiger partial charge in [0, 0.05) is 5.56 Å². The lowest BCUT2D eigenvalue weighted by molar-refractivity contribution is -0.141. The highest BCUT2D eigenvalue weighted by Gasteiger charge is 2.16. The molecular weight excluding hydrogens is 248 g/mol. The zero-order valence-electron chi connectivity index (χ0n) is 12.6. The fraction of sp³-hybridized carbons (Fsp3) is 0.389. The fourth-order valence-corrected chi connectivity index (χ4v) is 1.91. The topological polar surface area (TPSA) is 37.3 Å². The Labute approximate surface area is 121 Å². The predicted molar refractivity (Wildman–Crippen MR) is 82.6 cm³/mol. The molecule has 1 aromatic rings. The number of benzene rings is 1. The molecule has 0 fully saturated rings. The molecule has 20 heavy (non-hydrogen) atoms. The quantitative estimate of drug-likeness (QED) is 0.832. The number of aliphatic carboxylic acids is 1. The third kappa shape index (κ3) is 4.93. The summed E-state index contributed by atoms with van der Waals surface area (Å²) in [6, 6.07) is 8.06. The van der Waals surface area contributed by atoms with E-state index in [0.29, 0.717) is 6.42 Å². The summed E-state index contributed by atoms with van der Waals surface area (Å²) in [5.41, 5.74) is 3.19. The van der Waals surface area contributed by atoms with E-state index in [2.05, 4.69) is 18.8 Å². The van der Waals surface area contributed by atoms with Gasteiger partial charge in [-0.25, -0.2) is 0 Å². The highest BCUT2D eigenvalue weighted by Crippen LogP contribution is 2.23. The van der Waals surface area contributed by atoms with Gasteiger partial charge in [0.2, 0.25) is 0 Å². The first-order chi connectivity index (χ1) is 9.43. The summed E-state index contributed by atoms with van der Waals surface area (Å²) in [6.45, 7) is 7.76. The van der Waals surface area contributed by atoms with Crippen molar-refractivity contribution in [2.24, 2.45) is 5.92 Å². The van der Waals surface area contributed by atoms with E-state index in [1.54, 1.807) is 6.92 Å². The molecule has 0 aliphatic carbocycles. The van der Waals surface area contributed by atoms with E-state index in [-0.39, 0.29) is 11.8 Å². The number of rotatable bonds is 4. The Balaban J connectivity index is 2.75. The zero-order valence-corrected chi connectivity index (χ0v) is 12.6. The number of hydrogen-bond acceptors (Lipinski definition) is 1. The second-order valence-electron chi connectivity index (χ2n) is 5.22. The van der Waals surface area contributed by atoms with Crippen LogP contribution in [0.3, 0.4) is 0 Å². The van der Waals surface area contributed by atoms with Crippen LogP contribution in [0.15, 0.2) is 35.9 Å². The van der Waals surface area contributed by atoms with Gasteiger partial charge in [-0.15, -0.1) is 0 Å². The third-order valence-electron chi connectivity index (χ3n) is 3.45. The minimum absolute atomic E-state index is 0.236. The normalized spacial score (nSPS) is 14.1. The molecule has 0 saturated carbocycles. The molecule has 2 heteroatoms. The molecular formula is C18H22O2. The SMILES string of the molecule is CC=C(C)C#Cc1ccc(C(C)CC(C)C(=O)O)cc1. The molecule has 106 valence electrons. The first-order valence-corrected chi connectivity index (χ1v) is 6.91. The Morgan fingerprint density at radius 3 is 2.40 bits per heavy atom. The molecule has 0 aliphatic rings. The Morgan fingerprint density at radius 1 is 1.30 bits per heavy atom. The van der Waals surface area contributed by atoms with Gasteiger partial charge >= 0.3 is 5.97 Å². The third-order valence-corrected chi connectivity index (χ3v) is 3.45. The lowest BCUT2D eigenvalue weighted by atomic mass is 9.91. The van der Waals surface area contributed by atoms with Crippen molar-refractivity contribution in [2.45, 2.75) is 40.0 Å². The van der Waals surface area contributed by atoms with Gasteiger partial charge in [-0.1, -0.05) is 43.9 Å². The molecule has 0 spiro atoms. The predicted octanol–water partition coefficient (Wildman–Crippen LogP) is 4.22. The number of hydrogen-bond donors (Lipinski definition) is 1. The van der Waals surface area contributed by atoms with Crippen molar-refractivity contribution in [3.63, 3.8) is 0 Å². The van der Waals surface area contributed by atoms with E-state index in [1.165, 1.54) is 0 Å². The smallest absolute Gasteiger partial charge is 0.306 e. The van der Waals surface area contributed by atoms with Crippen molar-refractivity contribution in [2.75, 3.05) is 0 Å². The number of allylic oxidation sites excluding steroid dienone is 2. The monoisotopic (exact) mass is 270 g/mol. The molecule has 0 amide bonds. The molecule has 1 rings (SSSR count). The van der Waals surface area contributed by atoms with Crippen molar-refractivity contribution in [1.29, 1.82) is 0 Å². The lowest BCUT2D eigenvalue weighted by Crippen LogP contribution is -2.12. The molecule has 2 nitrogen and oxygen atoms in total. The van der Waals surface area contributed by atoms with Crippen LogP contribution >= 0.6 is 0 Å². The summed E-state index contributed by atoms with van der Waals surface area (Å²) >= 11 is 0. The summed E-state index contributed by atoms with van der Waals surface area (Å²) in [5.74, 6) is 5.37. The van der Waals surface area contributed by atoms with Crippen LogP contribution in [0.5, 0.6) is 0 Å². The van der Waals surface area contributed by atoms with E-state index in [0.717, 1.165) is 16.7 Å². The molecule has 2 atom stereocenters. The van der Waals surface area contributed by atoms with Crippen molar-refractivity contribution >= 4 is 5.97 Å². The van der Waals surface area contributed by atoms with Gasteiger partial charge in [-0.3, -0.25) is 4.79 Å². The standard InChI is InChI=1S/C18H22O2/c1-5-13(2)6-7-16-8-10-17(11-9-16)14(3)12-15(4)18(19)20/h5,8-11,14-15H,12H2,1-4H3,(H,19,20). The van der Waals surface area contributed by atoms with Gasteiger partial charge in [0.15, 0.2) is 0 Å². The maximum absolute atomic E-state index is 10.9. The van der Waals surface area contributed by atoms with E-state index >= 15 is 0 Å². The van der Waals surface area contributed by atoms with Gasteiger partial charge in [-0.05, 0) is 49.5 Å². The van der Waals surface area contributed by atoms with Crippen molar-refractivity contribution in [3.05, 3.63) is 47.0 Å². The van der Waals surface area contributed by atoms with Gasteiger partial charge in [-0.2, -0.15) is 0 Å². The summed E-state index contributed by atoms with van der Waals surface area (Å²) in [7, 11) is 0. The molecule has 0 aliphatic heterocycles. The Kier molecular flexibility index (Phi) is 6.06. The highest BCUT2D eigenvalue weighted by atomic mass is 16.4. The molecule has 1 N–H and O–H groups in total. The minimum Gasteiger partial charge on any atom is -0.481 e. The minimum atomic E-state index is -0.735. The molecule has 0 saturated heterocycles. The number of carbonyl (C=O) groups is 1. The van der Waals surface area contributed by atoms with Crippen LogP contribution in [0.25, 0.3) is 0 Å². The van der Waals surface area contributed by atoms with E-state index in [4.69, 9.17) is 5.11 Å². The van der Waals surface area contributed by atoms with Crippen LogP contribution < -0.4 is 0 Å². The number of carboxylic acids is 1. The van der Waals surface area contributed by atoms with Gasteiger partial charge in [0.1, 0.15) is 0 Å². The second-order valence-corrected chi connectivity index (χ2v) is 5.22. The lowest BCUT2D eigenvalue weighted by Gasteiger charge is -2.14. The van der Waals surface area contributed by atoms with Crippen LogP contribution in [0.4, 0.5) is 0 Å². The van der Waals surface area contributed by atoms with Crippen LogP contribution in [-0.4, -0.2) is 11.1 Å². The van der Waals surface area contributed by atoms with Gasteiger partial charge in [0.25, 0.3) is 0 Å². The summed E-state index contributed by atoms with van der Waals surface area (Å²) in [4.78, 5) is 10.9. The van der Waals surface area contributed by atoms with Gasteiger partial charge in [0.05, 0.1) is 5.92 Å². The molecule has 2 unspecified atom stereocenters. The Morgan fingerprint density at radius 2 is 1.90 bits per heavy atom. The van der Waals surface area contributed by atoms with E-state index in [1.807, 2.05) is 44.2 Å².